The molecule has 1 atom stereocenters. The standard InChI is InChI=1S/C19H26N2O4S2/c1-4-18(19(22)20-10-12-26-14-17-9-6-11-25-17)21(27(3,23)24)16-8-5-7-15(2)13-16/h5-9,11,13,18H,4,10,12,14H2,1-3H3,(H,20,22)/t18-/m1/s1. The van der Waals surface area contributed by atoms with E-state index in [2.05, 4.69) is 5.32 Å². The first-order valence-electron chi connectivity index (χ1n) is 8.77. The smallest absolute Gasteiger partial charge is 0.243 e. The minimum atomic E-state index is -3.60. The fraction of sp³-hybridized carbons (Fsp3) is 0.421. The van der Waals surface area contributed by atoms with Gasteiger partial charge in [-0.3, -0.25) is 9.10 Å². The molecule has 6 nitrogen and oxygen atoms in total. The second kappa shape index (κ2) is 9.85. The molecule has 0 aliphatic rings. The van der Waals surface area contributed by atoms with Crippen LogP contribution >= 0.6 is 11.8 Å². The van der Waals surface area contributed by atoms with Crippen LogP contribution in [-0.4, -0.2) is 38.9 Å². The van der Waals surface area contributed by atoms with E-state index < -0.39 is 16.1 Å². The minimum Gasteiger partial charge on any atom is -0.468 e. The lowest BCUT2D eigenvalue weighted by atomic mass is 10.1. The summed E-state index contributed by atoms with van der Waals surface area (Å²) in [5.74, 6) is 2.05. The molecule has 1 amide bonds. The Morgan fingerprint density at radius 2 is 2.07 bits per heavy atom. The Kier molecular flexibility index (Phi) is 7.79. The zero-order valence-corrected chi connectivity index (χ0v) is 17.5. The Morgan fingerprint density at radius 1 is 1.30 bits per heavy atom. The van der Waals surface area contributed by atoms with Crippen molar-refractivity contribution in [2.24, 2.45) is 0 Å². The van der Waals surface area contributed by atoms with E-state index >= 15 is 0 Å². The number of aryl methyl sites for hydroxylation is 1. The average Bonchev–Trinajstić information content (AvgIpc) is 3.11. The quantitative estimate of drug-likeness (QED) is 0.609. The summed E-state index contributed by atoms with van der Waals surface area (Å²) in [6.45, 7) is 4.16. The van der Waals surface area contributed by atoms with Gasteiger partial charge >= 0.3 is 0 Å². The van der Waals surface area contributed by atoms with Crippen LogP contribution in [0.4, 0.5) is 5.69 Å². The molecule has 0 radical (unpaired) electrons. The molecule has 2 rings (SSSR count). The molecule has 1 aromatic carbocycles. The highest BCUT2D eigenvalue weighted by molar-refractivity contribution is 7.98. The fourth-order valence-corrected chi connectivity index (χ4v) is 4.72. The van der Waals surface area contributed by atoms with Crippen LogP contribution in [0, 0.1) is 6.92 Å². The molecule has 148 valence electrons. The first-order valence-corrected chi connectivity index (χ1v) is 11.8. The van der Waals surface area contributed by atoms with Crippen LogP contribution in [0.25, 0.3) is 0 Å². The summed E-state index contributed by atoms with van der Waals surface area (Å²) in [5.41, 5.74) is 1.44. The van der Waals surface area contributed by atoms with Crippen molar-refractivity contribution in [1.29, 1.82) is 0 Å². The maximum Gasteiger partial charge on any atom is 0.243 e. The molecule has 0 spiro atoms. The number of anilines is 1. The number of sulfonamides is 1. The highest BCUT2D eigenvalue weighted by Gasteiger charge is 2.31. The number of hydrogen-bond donors (Lipinski definition) is 1. The van der Waals surface area contributed by atoms with Crippen molar-refractivity contribution in [3.63, 3.8) is 0 Å². The monoisotopic (exact) mass is 410 g/mol. The van der Waals surface area contributed by atoms with E-state index in [1.165, 1.54) is 4.31 Å². The van der Waals surface area contributed by atoms with E-state index in [9.17, 15) is 13.2 Å². The van der Waals surface area contributed by atoms with Gasteiger partial charge in [0.25, 0.3) is 0 Å². The highest BCUT2D eigenvalue weighted by Crippen LogP contribution is 2.23. The summed E-state index contributed by atoms with van der Waals surface area (Å²) in [4.78, 5) is 12.7. The number of nitrogens with zero attached hydrogens (tertiary/aromatic N) is 1. The van der Waals surface area contributed by atoms with Gasteiger partial charge in [-0.1, -0.05) is 19.1 Å². The topological polar surface area (TPSA) is 79.6 Å². The van der Waals surface area contributed by atoms with E-state index in [0.29, 0.717) is 24.4 Å². The number of nitrogens with one attached hydrogen (secondary N) is 1. The van der Waals surface area contributed by atoms with Crippen molar-refractivity contribution in [3.8, 4) is 0 Å². The van der Waals surface area contributed by atoms with Gasteiger partial charge < -0.3 is 9.73 Å². The molecule has 0 saturated carbocycles. The number of thioether (sulfide) groups is 1. The third-order valence-corrected chi connectivity index (χ3v) is 6.12. The molecule has 0 aliphatic carbocycles. The van der Waals surface area contributed by atoms with E-state index in [1.54, 1.807) is 36.2 Å². The molecule has 2 aromatic rings. The van der Waals surface area contributed by atoms with Crippen LogP contribution in [0.5, 0.6) is 0 Å². The zero-order chi connectivity index (χ0) is 19.9. The predicted molar refractivity (Wildman–Crippen MR) is 110 cm³/mol. The predicted octanol–water partition coefficient (Wildman–Crippen LogP) is 3.18. The van der Waals surface area contributed by atoms with Crippen molar-refractivity contribution in [1.82, 2.24) is 5.32 Å². The molecular weight excluding hydrogens is 384 g/mol. The van der Waals surface area contributed by atoms with Crippen LogP contribution < -0.4 is 9.62 Å². The number of carbonyl (C=O) groups excluding carboxylic acids is 1. The molecule has 27 heavy (non-hydrogen) atoms. The van der Waals surface area contributed by atoms with Crippen molar-refractivity contribution < 1.29 is 17.6 Å². The highest BCUT2D eigenvalue weighted by atomic mass is 32.2. The third-order valence-electron chi connectivity index (χ3n) is 3.96. The van der Waals surface area contributed by atoms with Crippen molar-refractivity contribution in [3.05, 3.63) is 54.0 Å². The van der Waals surface area contributed by atoms with Gasteiger partial charge in [-0.15, -0.1) is 0 Å². The lowest BCUT2D eigenvalue weighted by molar-refractivity contribution is -0.122. The molecule has 0 saturated heterocycles. The van der Waals surface area contributed by atoms with Crippen LogP contribution in [0.15, 0.2) is 47.1 Å². The van der Waals surface area contributed by atoms with Gasteiger partial charge in [0.1, 0.15) is 11.8 Å². The van der Waals surface area contributed by atoms with Crippen molar-refractivity contribution >= 4 is 33.4 Å². The SMILES string of the molecule is CC[C@H](C(=O)NCCSCc1ccco1)N(c1cccc(C)c1)S(C)(=O)=O. The normalized spacial score (nSPS) is 12.6. The van der Waals surface area contributed by atoms with E-state index in [1.807, 2.05) is 32.0 Å². The summed E-state index contributed by atoms with van der Waals surface area (Å²) in [6.07, 6.45) is 3.14. The lowest BCUT2D eigenvalue weighted by Gasteiger charge is -2.30. The van der Waals surface area contributed by atoms with Crippen LogP contribution in [0.2, 0.25) is 0 Å². The number of amides is 1. The second-order valence-corrected chi connectivity index (χ2v) is 9.21. The van der Waals surface area contributed by atoms with E-state index in [4.69, 9.17) is 4.42 Å². The Bertz CT molecular complexity index is 835. The first kappa shape index (κ1) is 21.4. The third kappa shape index (κ3) is 6.32. The molecule has 1 aromatic heterocycles. The fourth-order valence-electron chi connectivity index (χ4n) is 2.76. The maximum absolute atomic E-state index is 12.7. The molecule has 0 bridgehead atoms. The summed E-state index contributed by atoms with van der Waals surface area (Å²) in [6, 6.07) is 10.1. The van der Waals surface area contributed by atoms with Gasteiger partial charge in [-0.05, 0) is 43.2 Å². The van der Waals surface area contributed by atoms with Gasteiger partial charge in [-0.2, -0.15) is 11.8 Å². The molecule has 1 N–H and O–H groups in total. The zero-order valence-electron chi connectivity index (χ0n) is 15.8. The Morgan fingerprint density at radius 3 is 2.67 bits per heavy atom. The van der Waals surface area contributed by atoms with Gasteiger partial charge in [0.2, 0.25) is 15.9 Å². The van der Waals surface area contributed by atoms with Gasteiger partial charge in [0.15, 0.2) is 0 Å². The summed E-state index contributed by atoms with van der Waals surface area (Å²) < 4.78 is 31.3. The van der Waals surface area contributed by atoms with Crippen LogP contribution in [-0.2, 0) is 20.6 Å². The number of benzene rings is 1. The summed E-state index contributed by atoms with van der Waals surface area (Å²) in [7, 11) is -3.60. The van der Waals surface area contributed by atoms with E-state index in [-0.39, 0.29) is 5.91 Å². The van der Waals surface area contributed by atoms with Gasteiger partial charge in [-0.25, -0.2) is 8.42 Å². The van der Waals surface area contributed by atoms with Crippen molar-refractivity contribution in [2.45, 2.75) is 32.1 Å². The summed E-state index contributed by atoms with van der Waals surface area (Å²) in [5, 5.41) is 2.85. The van der Waals surface area contributed by atoms with E-state index in [0.717, 1.165) is 23.3 Å². The van der Waals surface area contributed by atoms with Crippen molar-refractivity contribution in [2.75, 3.05) is 22.9 Å². The number of carbonyl (C=O) groups is 1. The largest absolute Gasteiger partial charge is 0.468 e. The Labute approximate surface area is 165 Å². The van der Waals surface area contributed by atoms with Crippen LogP contribution in [0.3, 0.4) is 0 Å². The van der Waals surface area contributed by atoms with Gasteiger partial charge in [0, 0.05) is 12.3 Å². The summed E-state index contributed by atoms with van der Waals surface area (Å²) >= 11 is 1.64. The Balaban J connectivity index is 1.99. The second-order valence-electron chi connectivity index (χ2n) is 6.24. The Hall–Kier alpha value is -1.93. The average molecular weight is 411 g/mol. The number of furan rings is 1. The maximum atomic E-state index is 12.7. The molecule has 0 aliphatic heterocycles. The molecule has 0 unspecified atom stereocenters. The van der Waals surface area contributed by atoms with Gasteiger partial charge in [0.05, 0.1) is 24.0 Å². The first-order chi connectivity index (χ1) is 12.8. The lowest BCUT2D eigenvalue weighted by Crippen LogP contribution is -2.49. The number of hydrogen-bond acceptors (Lipinski definition) is 5. The molecule has 8 heteroatoms. The van der Waals surface area contributed by atoms with Crippen LogP contribution in [0.1, 0.15) is 24.7 Å². The molecule has 1 heterocycles. The minimum absolute atomic E-state index is 0.289. The molecular formula is C19H26N2O4S2. The molecule has 0 fully saturated rings. The number of rotatable bonds is 10.